The monoisotopic (exact) mass is 392 g/mol. The van der Waals surface area contributed by atoms with Gasteiger partial charge in [-0.1, -0.05) is 6.07 Å². The quantitative estimate of drug-likeness (QED) is 0.785. The van der Waals surface area contributed by atoms with Gasteiger partial charge in [0.2, 0.25) is 0 Å². The van der Waals surface area contributed by atoms with E-state index in [1.165, 1.54) is 0 Å². The molecule has 3 rings (SSSR count). The normalized spacial score (nSPS) is 15.3. The molecule has 1 aliphatic rings. The molecule has 0 aliphatic carbocycles. The first-order chi connectivity index (χ1) is 12.6. The minimum atomic E-state index is -0.763. The summed E-state index contributed by atoms with van der Waals surface area (Å²) in [6.45, 7) is 1.54. The Kier molecular flexibility index (Phi) is 7.47. The molecule has 1 heterocycles. The summed E-state index contributed by atoms with van der Waals surface area (Å²) >= 11 is 0. The second-order valence-electron chi connectivity index (χ2n) is 6.21. The number of piperidine rings is 1. The van der Waals surface area contributed by atoms with Crippen LogP contribution in [0.2, 0.25) is 0 Å². The first kappa shape index (κ1) is 21.0. The number of methoxy groups -OCH3 is 2. The van der Waals surface area contributed by atoms with Gasteiger partial charge < -0.3 is 24.8 Å². The molecule has 0 radical (unpaired) electrons. The minimum Gasteiger partial charge on any atom is -0.497 e. The maximum absolute atomic E-state index is 12.7. The number of amides is 1. The molecule has 27 heavy (non-hydrogen) atoms. The number of hydrogen-bond donors (Lipinski definition) is 2. The lowest BCUT2D eigenvalue weighted by Crippen LogP contribution is -2.51. The summed E-state index contributed by atoms with van der Waals surface area (Å²) in [5, 5.41) is 6.19. The average Bonchev–Trinajstić information content (AvgIpc) is 2.70. The molecule has 7 heteroatoms. The number of carbonyl (C=O) groups is 1. The summed E-state index contributed by atoms with van der Waals surface area (Å²) in [5.41, 5.74) is -0.0518. The van der Waals surface area contributed by atoms with Crippen molar-refractivity contribution in [2.24, 2.45) is 0 Å². The average molecular weight is 393 g/mol. The lowest BCUT2D eigenvalue weighted by molar-refractivity contribution is -0.140. The molecular formula is C20H25ClN2O4. The van der Waals surface area contributed by atoms with Crippen molar-refractivity contribution >= 4 is 24.0 Å². The van der Waals surface area contributed by atoms with Gasteiger partial charge in [-0.15, -0.1) is 12.4 Å². The minimum absolute atomic E-state index is 0. The van der Waals surface area contributed by atoms with E-state index in [0.717, 1.165) is 18.8 Å². The third kappa shape index (κ3) is 5.13. The van der Waals surface area contributed by atoms with Crippen molar-refractivity contribution in [1.29, 1.82) is 0 Å². The van der Waals surface area contributed by atoms with Crippen molar-refractivity contribution in [3.63, 3.8) is 0 Å². The van der Waals surface area contributed by atoms with Gasteiger partial charge in [0.25, 0.3) is 5.91 Å². The highest BCUT2D eigenvalue weighted by molar-refractivity contribution is 5.97. The predicted octanol–water partition coefficient (Wildman–Crippen LogP) is 3.62. The Morgan fingerprint density at radius 2 is 1.67 bits per heavy atom. The first-order valence-corrected chi connectivity index (χ1v) is 8.64. The van der Waals surface area contributed by atoms with Crippen LogP contribution in [0.3, 0.4) is 0 Å². The zero-order valence-electron chi connectivity index (χ0n) is 15.5. The van der Waals surface area contributed by atoms with Gasteiger partial charge in [-0.25, -0.2) is 0 Å². The van der Waals surface area contributed by atoms with Gasteiger partial charge in [0.05, 0.1) is 7.11 Å². The fourth-order valence-electron chi connectivity index (χ4n) is 3.01. The SMILES string of the molecule is COc1cccc(Oc2ccc(NC(=O)C3(OC)CCNCC3)cc2)c1.Cl. The van der Waals surface area contributed by atoms with E-state index >= 15 is 0 Å². The molecule has 0 saturated carbocycles. The second kappa shape index (κ2) is 9.60. The smallest absolute Gasteiger partial charge is 0.256 e. The van der Waals surface area contributed by atoms with Crippen LogP contribution >= 0.6 is 12.4 Å². The molecule has 2 aromatic rings. The predicted molar refractivity (Wildman–Crippen MR) is 107 cm³/mol. The molecule has 2 aromatic carbocycles. The zero-order valence-corrected chi connectivity index (χ0v) is 16.3. The Balaban J connectivity index is 0.00000261. The van der Waals surface area contributed by atoms with Crippen LogP contribution in [0, 0.1) is 0 Å². The van der Waals surface area contributed by atoms with Crippen LogP contribution < -0.4 is 20.1 Å². The van der Waals surface area contributed by atoms with E-state index in [1.54, 1.807) is 14.2 Å². The Morgan fingerprint density at radius 1 is 1.00 bits per heavy atom. The fraction of sp³-hybridized carbons (Fsp3) is 0.350. The van der Waals surface area contributed by atoms with Crippen molar-refractivity contribution in [2.75, 3.05) is 32.6 Å². The molecule has 1 saturated heterocycles. The van der Waals surface area contributed by atoms with Crippen LogP contribution in [0.1, 0.15) is 12.8 Å². The third-order valence-corrected chi connectivity index (χ3v) is 4.60. The van der Waals surface area contributed by atoms with Gasteiger partial charge in [-0.05, 0) is 62.3 Å². The number of anilines is 1. The van der Waals surface area contributed by atoms with E-state index in [2.05, 4.69) is 10.6 Å². The van der Waals surface area contributed by atoms with Gasteiger partial charge in [-0.2, -0.15) is 0 Å². The highest BCUT2D eigenvalue weighted by Gasteiger charge is 2.39. The summed E-state index contributed by atoms with van der Waals surface area (Å²) in [7, 11) is 3.21. The van der Waals surface area contributed by atoms with E-state index in [0.29, 0.717) is 30.0 Å². The summed E-state index contributed by atoms with van der Waals surface area (Å²) in [6, 6.07) is 14.7. The lowest BCUT2D eigenvalue weighted by Gasteiger charge is -2.34. The van der Waals surface area contributed by atoms with E-state index in [1.807, 2.05) is 48.5 Å². The van der Waals surface area contributed by atoms with Crippen molar-refractivity contribution < 1.29 is 19.0 Å². The number of halogens is 1. The molecule has 0 bridgehead atoms. The van der Waals surface area contributed by atoms with E-state index in [-0.39, 0.29) is 18.3 Å². The summed E-state index contributed by atoms with van der Waals surface area (Å²) in [4.78, 5) is 12.7. The van der Waals surface area contributed by atoms with Gasteiger partial charge in [0.1, 0.15) is 22.8 Å². The van der Waals surface area contributed by atoms with Crippen LogP contribution in [0.15, 0.2) is 48.5 Å². The summed E-state index contributed by atoms with van der Waals surface area (Å²) in [5.74, 6) is 2.00. The molecule has 0 spiro atoms. The third-order valence-electron chi connectivity index (χ3n) is 4.60. The summed E-state index contributed by atoms with van der Waals surface area (Å²) < 4.78 is 16.6. The van der Waals surface area contributed by atoms with E-state index in [9.17, 15) is 4.79 Å². The van der Waals surface area contributed by atoms with Crippen molar-refractivity contribution in [3.8, 4) is 17.2 Å². The molecule has 1 aliphatic heterocycles. The molecule has 0 atom stereocenters. The highest BCUT2D eigenvalue weighted by Crippen LogP contribution is 2.28. The molecular weight excluding hydrogens is 368 g/mol. The van der Waals surface area contributed by atoms with Crippen molar-refractivity contribution in [2.45, 2.75) is 18.4 Å². The molecule has 0 unspecified atom stereocenters. The number of nitrogens with one attached hydrogen (secondary N) is 2. The zero-order chi connectivity index (χ0) is 18.4. The molecule has 146 valence electrons. The number of hydrogen-bond acceptors (Lipinski definition) is 5. The summed E-state index contributed by atoms with van der Waals surface area (Å²) in [6.07, 6.45) is 1.32. The molecule has 2 N–H and O–H groups in total. The largest absolute Gasteiger partial charge is 0.497 e. The molecule has 6 nitrogen and oxygen atoms in total. The number of ether oxygens (including phenoxy) is 3. The van der Waals surface area contributed by atoms with E-state index in [4.69, 9.17) is 14.2 Å². The maximum atomic E-state index is 12.7. The molecule has 1 fully saturated rings. The number of benzene rings is 2. The van der Waals surface area contributed by atoms with Gasteiger partial charge in [0.15, 0.2) is 0 Å². The number of rotatable bonds is 6. The van der Waals surface area contributed by atoms with Crippen molar-refractivity contribution in [3.05, 3.63) is 48.5 Å². The van der Waals surface area contributed by atoms with Gasteiger partial charge >= 0.3 is 0 Å². The lowest BCUT2D eigenvalue weighted by atomic mass is 9.91. The topological polar surface area (TPSA) is 68.8 Å². The first-order valence-electron chi connectivity index (χ1n) is 8.64. The molecule has 1 amide bonds. The fourth-order valence-corrected chi connectivity index (χ4v) is 3.01. The Morgan fingerprint density at radius 3 is 2.30 bits per heavy atom. The van der Waals surface area contributed by atoms with E-state index < -0.39 is 5.60 Å². The second-order valence-corrected chi connectivity index (χ2v) is 6.21. The van der Waals surface area contributed by atoms with Gasteiger partial charge in [-0.3, -0.25) is 4.79 Å². The maximum Gasteiger partial charge on any atom is 0.256 e. The standard InChI is InChI=1S/C20H24N2O4.ClH/c1-24-17-4-3-5-18(14-17)26-16-8-6-15(7-9-16)22-19(23)20(25-2)10-12-21-13-11-20;/h3-9,14,21H,10-13H2,1-2H3,(H,22,23);1H. The highest BCUT2D eigenvalue weighted by atomic mass is 35.5. The Labute approximate surface area is 165 Å². The van der Waals surface area contributed by atoms with Crippen molar-refractivity contribution in [1.82, 2.24) is 5.32 Å². The van der Waals surface area contributed by atoms with Crippen LogP contribution in [-0.2, 0) is 9.53 Å². The molecule has 0 aromatic heterocycles. The van der Waals surface area contributed by atoms with Crippen LogP contribution in [0.4, 0.5) is 5.69 Å². The Hall–Kier alpha value is -2.28. The van der Waals surface area contributed by atoms with Crippen LogP contribution in [0.25, 0.3) is 0 Å². The van der Waals surface area contributed by atoms with Crippen LogP contribution in [0.5, 0.6) is 17.2 Å². The Bertz CT molecular complexity index is 746. The van der Waals surface area contributed by atoms with Gasteiger partial charge in [0, 0.05) is 18.9 Å². The number of carbonyl (C=O) groups excluding carboxylic acids is 1. The van der Waals surface area contributed by atoms with Crippen LogP contribution in [-0.4, -0.2) is 38.8 Å².